The smallest absolute Gasteiger partial charge is 0.183 e. The molecule has 0 aliphatic carbocycles. The third-order valence-electron chi connectivity index (χ3n) is 0.883. The molecule has 0 radical (unpaired) electrons. The van der Waals surface area contributed by atoms with Crippen LogP contribution in [-0.2, 0) is 0 Å². The fourth-order valence-corrected chi connectivity index (χ4v) is 0.627. The van der Waals surface area contributed by atoms with Gasteiger partial charge >= 0.3 is 0 Å². The highest BCUT2D eigenvalue weighted by atomic mass is 35.5. The molecule has 12 heavy (non-hydrogen) atoms. The SMILES string of the molecule is ClNc1ccccc1.N=C(N)N. The van der Waals surface area contributed by atoms with E-state index in [-0.39, 0.29) is 5.96 Å². The third kappa shape index (κ3) is 6.70. The van der Waals surface area contributed by atoms with E-state index in [1.807, 2.05) is 30.3 Å². The summed E-state index contributed by atoms with van der Waals surface area (Å²) >= 11 is 5.28. The number of benzene rings is 1. The summed E-state index contributed by atoms with van der Waals surface area (Å²) < 4.78 is 0. The summed E-state index contributed by atoms with van der Waals surface area (Å²) in [4.78, 5) is 2.50. The van der Waals surface area contributed by atoms with Crippen molar-refractivity contribution in [3.8, 4) is 0 Å². The lowest BCUT2D eigenvalue weighted by Gasteiger charge is -1.91. The minimum atomic E-state index is -0.333. The van der Waals surface area contributed by atoms with E-state index >= 15 is 0 Å². The molecule has 0 unspecified atom stereocenters. The summed E-state index contributed by atoms with van der Waals surface area (Å²) in [5, 5.41) is 6.06. The van der Waals surface area contributed by atoms with Gasteiger partial charge in [0, 0.05) is 17.5 Å². The van der Waals surface area contributed by atoms with Crippen molar-refractivity contribution < 1.29 is 0 Å². The normalized spacial score (nSPS) is 7.75. The van der Waals surface area contributed by atoms with Crippen molar-refractivity contribution in [2.45, 2.75) is 0 Å². The Balaban J connectivity index is 0.000000261. The maximum absolute atomic E-state index is 6.06. The monoisotopic (exact) mass is 186 g/mol. The topological polar surface area (TPSA) is 87.9 Å². The number of para-hydroxylation sites is 1. The zero-order valence-corrected chi connectivity index (χ0v) is 7.18. The van der Waals surface area contributed by atoms with Gasteiger partial charge in [0.1, 0.15) is 0 Å². The van der Waals surface area contributed by atoms with Crippen molar-refractivity contribution in [3.05, 3.63) is 30.3 Å². The van der Waals surface area contributed by atoms with Gasteiger partial charge in [-0.1, -0.05) is 18.2 Å². The Kier molecular flexibility index (Phi) is 5.55. The Hall–Kier alpha value is -1.42. The van der Waals surface area contributed by atoms with Crippen molar-refractivity contribution in [3.63, 3.8) is 0 Å². The second-order valence-electron chi connectivity index (χ2n) is 1.92. The average Bonchev–Trinajstić information content (AvgIpc) is 2.05. The molecule has 1 rings (SSSR count). The van der Waals surface area contributed by atoms with Crippen LogP contribution >= 0.6 is 11.8 Å². The van der Waals surface area contributed by atoms with Crippen molar-refractivity contribution in [1.29, 1.82) is 5.41 Å². The first-order chi connectivity index (χ1) is 5.66. The Morgan fingerprint density at radius 1 is 1.25 bits per heavy atom. The molecule has 0 amide bonds. The zero-order valence-electron chi connectivity index (χ0n) is 6.42. The Bertz CT molecular complexity index is 220. The summed E-state index contributed by atoms with van der Waals surface area (Å²) in [5.74, 6) is -0.333. The molecular formula is C7H11ClN4. The van der Waals surface area contributed by atoms with Crippen LogP contribution in [0.25, 0.3) is 0 Å². The Labute approximate surface area is 76.1 Å². The van der Waals surface area contributed by atoms with Gasteiger partial charge in [-0.2, -0.15) is 0 Å². The van der Waals surface area contributed by atoms with Crippen LogP contribution in [0.5, 0.6) is 0 Å². The van der Waals surface area contributed by atoms with E-state index in [4.69, 9.17) is 17.2 Å². The molecule has 0 fully saturated rings. The molecule has 0 atom stereocenters. The summed E-state index contributed by atoms with van der Waals surface area (Å²) in [6, 6.07) is 9.58. The minimum absolute atomic E-state index is 0.333. The van der Waals surface area contributed by atoms with Gasteiger partial charge in [0.05, 0.1) is 0 Å². The largest absolute Gasteiger partial charge is 0.370 e. The molecule has 0 saturated heterocycles. The molecule has 5 heteroatoms. The van der Waals surface area contributed by atoms with Gasteiger partial charge in [-0.05, 0) is 12.1 Å². The molecule has 6 N–H and O–H groups in total. The lowest BCUT2D eigenvalue weighted by molar-refractivity contribution is 1.39. The van der Waals surface area contributed by atoms with E-state index in [2.05, 4.69) is 16.3 Å². The number of guanidine groups is 1. The van der Waals surface area contributed by atoms with Crippen molar-refractivity contribution in [1.82, 2.24) is 0 Å². The van der Waals surface area contributed by atoms with Gasteiger partial charge in [-0.3, -0.25) is 10.2 Å². The fourth-order valence-electron chi connectivity index (χ4n) is 0.501. The van der Waals surface area contributed by atoms with E-state index in [9.17, 15) is 0 Å². The Morgan fingerprint density at radius 3 is 1.92 bits per heavy atom. The van der Waals surface area contributed by atoms with Crippen molar-refractivity contribution >= 4 is 23.4 Å². The highest BCUT2D eigenvalue weighted by molar-refractivity contribution is 6.23. The number of nitrogens with one attached hydrogen (secondary N) is 2. The average molecular weight is 187 g/mol. The van der Waals surface area contributed by atoms with Crippen molar-refractivity contribution in [2.24, 2.45) is 11.5 Å². The number of anilines is 1. The molecule has 0 aromatic heterocycles. The van der Waals surface area contributed by atoms with Gasteiger partial charge < -0.3 is 11.5 Å². The van der Waals surface area contributed by atoms with Crippen LogP contribution < -0.4 is 16.3 Å². The quantitative estimate of drug-likeness (QED) is 0.301. The van der Waals surface area contributed by atoms with Crippen LogP contribution in [0.4, 0.5) is 5.69 Å². The van der Waals surface area contributed by atoms with E-state index in [0.717, 1.165) is 5.69 Å². The number of nitrogens with two attached hydrogens (primary N) is 2. The molecule has 0 saturated carbocycles. The summed E-state index contributed by atoms with van der Waals surface area (Å²) in [6.07, 6.45) is 0. The number of hydrogen-bond donors (Lipinski definition) is 4. The maximum atomic E-state index is 6.06. The van der Waals surface area contributed by atoms with Crippen LogP contribution in [0.3, 0.4) is 0 Å². The van der Waals surface area contributed by atoms with Gasteiger partial charge in [-0.15, -0.1) is 0 Å². The molecule has 0 aliphatic heterocycles. The highest BCUT2D eigenvalue weighted by Crippen LogP contribution is 2.04. The lowest BCUT2D eigenvalue weighted by Crippen LogP contribution is -2.20. The molecule has 0 heterocycles. The molecule has 0 aliphatic rings. The number of rotatable bonds is 1. The minimum Gasteiger partial charge on any atom is -0.370 e. The second-order valence-corrected chi connectivity index (χ2v) is 2.10. The molecule has 1 aromatic carbocycles. The molecule has 0 bridgehead atoms. The highest BCUT2D eigenvalue weighted by Gasteiger charge is 1.79. The predicted molar refractivity (Wildman–Crippen MR) is 52.0 cm³/mol. The van der Waals surface area contributed by atoms with Gasteiger partial charge in [0.2, 0.25) is 0 Å². The summed E-state index contributed by atoms with van der Waals surface area (Å²) in [5.41, 5.74) is 9.87. The van der Waals surface area contributed by atoms with Crippen LogP contribution in [0.15, 0.2) is 30.3 Å². The van der Waals surface area contributed by atoms with Crippen LogP contribution in [0.1, 0.15) is 0 Å². The summed E-state index contributed by atoms with van der Waals surface area (Å²) in [7, 11) is 0. The first-order valence-corrected chi connectivity index (χ1v) is 3.55. The molecule has 4 nitrogen and oxygen atoms in total. The van der Waals surface area contributed by atoms with E-state index in [0.29, 0.717) is 0 Å². The fraction of sp³-hybridized carbons (Fsp3) is 0. The van der Waals surface area contributed by atoms with Crippen molar-refractivity contribution in [2.75, 3.05) is 4.84 Å². The predicted octanol–water partition coefficient (Wildman–Crippen LogP) is 1.09. The van der Waals surface area contributed by atoms with E-state index in [1.165, 1.54) is 0 Å². The molecule has 0 spiro atoms. The Morgan fingerprint density at radius 2 is 1.67 bits per heavy atom. The van der Waals surface area contributed by atoms with Crippen LogP contribution in [0, 0.1) is 5.41 Å². The second kappa shape index (κ2) is 6.30. The van der Waals surface area contributed by atoms with Crippen LogP contribution in [0.2, 0.25) is 0 Å². The first kappa shape index (κ1) is 10.6. The maximum Gasteiger partial charge on any atom is 0.183 e. The number of hydrogen-bond acceptors (Lipinski definition) is 2. The van der Waals surface area contributed by atoms with E-state index in [1.54, 1.807) is 0 Å². The van der Waals surface area contributed by atoms with Crippen LogP contribution in [-0.4, -0.2) is 5.96 Å². The first-order valence-electron chi connectivity index (χ1n) is 3.18. The zero-order chi connectivity index (χ0) is 9.40. The molecular weight excluding hydrogens is 176 g/mol. The molecule has 66 valence electrons. The van der Waals surface area contributed by atoms with Gasteiger partial charge in [0.15, 0.2) is 5.96 Å². The number of halogens is 1. The van der Waals surface area contributed by atoms with Gasteiger partial charge in [0.25, 0.3) is 0 Å². The van der Waals surface area contributed by atoms with E-state index < -0.39 is 0 Å². The lowest BCUT2D eigenvalue weighted by atomic mass is 10.3. The summed E-state index contributed by atoms with van der Waals surface area (Å²) in [6.45, 7) is 0. The molecule has 1 aromatic rings. The van der Waals surface area contributed by atoms with Gasteiger partial charge in [-0.25, -0.2) is 0 Å². The standard InChI is InChI=1S/C6H6ClN.CH5N3/c7-8-6-4-2-1-3-5-6;2-1(3)4/h1-5,8H;(H5,2,3,4). The third-order valence-corrected chi connectivity index (χ3v) is 1.10.